The summed E-state index contributed by atoms with van der Waals surface area (Å²) < 4.78 is 0. The molecule has 2 nitrogen and oxygen atoms in total. The van der Waals surface area contributed by atoms with Gasteiger partial charge in [0.1, 0.15) is 0 Å². The molecule has 0 aliphatic heterocycles. The molecule has 3 heteroatoms. The molecular formula is C11H28N2Si. The van der Waals surface area contributed by atoms with E-state index >= 15 is 0 Å². The second-order valence-corrected chi connectivity index (χ2v) is 7.26. The SMILES string of the molecule is CCNC(CCC[SiH2]C(C)C)NCC. The first-order valence-electron chi connectivity index (χ1n) is 6.17. The van der Waals surface area contributed by atoms with Crippen LogP contribution >= 0.6 is 0 Å². The van der Waals surface area contributed by atoms with E-state index < -0.39 is 0 Å². The zero-order chi connectivity index (χ0) is 10.8. The first kappa shape index (κ1) is 14.1. The predicted octanol–water partition coefficient (Wildman–Crippen LogP) is 1.73. The first-order valence-corrected chi connectivity index (χ1v) is 7.99. The number of rotatable bonds is 9. The van der Waals surface area contributed by atoms with Crippen LogP contribution in [0.25, 0.3) is 0 Å². The fourth-order valence-corrected chi connectivity index (χ4v) is 3.06. The molecule has 0 fully saturated rings. The lowest BCUT2D eigenvalue weighted by molar-refractivity contribution is 0.414. The first-order chi connectivity index (χ1) is 6.70. The monoisotopic (exact) mass is 216 g/mol. The Morgan fingerprint density at radius 1 is 1.07 bits per heavy atom. The van der Waals surface area contributed by atoms with E-state index in [1.54, 1.807) is 0 Å². The Bertz CT molecular complexity index is 112. The predicted molar refractivity (Wildman–Crippen MR) is 68.8 cm³/mol. The highest BCUT2D eigenvalue weighted by Gasteiger charge is 2.04. The van der Waals surface area contributed by atoms with Gasteiger partial charge in [-0.1, -0.05) is 45.7 Å². The van der Waals surface area contributed by atoms with E-state index in [9.17, 15) is 0 Å². The van der Waals surface area contributed by atoms with Gasteiger partial charge in [0, 0.05) is 9.52 Å². The van der Waals surface area contributed by atoms with Crippen LogP contribution in [0, 0.1) is 0 Å². The van der Waals surface area contributed by atoms with E-state index in [2.05, 4.69) is 38.3 Å². The minimum Gasteiger partial charge on any atom is -0.302 e. The summed E-state index contributed by atoms with van der Waals surface area (Å²) in [5.41, 5.74) is 0.992. The van der Waals surface area contributed by atoms with Crippen LogP contribution in [0.5, 0.6) is 0 Å². The van der Waals surface area contributed by atoms with Crippen LogP contribution in [0.4, 0.5) is 0 Å². The van der Waals surface area contributed by atoms with E-state index in [1.165, 1.54) is 18.9 Å². The molecule has 14 heavy (non-hydrogen) atoms. The zero-order valence-corrected chi connectivity index (χ0v) is 11.8. The van der Waals surface area contributed by atoms with Crippen LogP contribution in [-0.2, 0) is 0 Å². The quantitative estimate of drug-likeness (QED) is 0.348. The summed E-state index contributed by atoms with van der Waals surface area (Å²) in [5, 5.41) is 6.95. The van der Waals surface area contributed by atoms with E-state index in [0.29, 0.717) is 6.17 Å². The van der Waals surface area contributed by atoms with Crippen molar-refractivity contribution in [2.24, 2.45) is 0 Å². The van der Waals surface area contributed by atoms with Gasteiger partial charge in [-0.25, -0.2) is 0 Å². The summed E-state index contributed by atoms with van der Waals surface area (Å²) >= 11 is 0. The molecule has 0 aromatic carbocycles. The van der Waals surface area contributed by atoms with Crippen molar-refractivity contribution < 1.29 is 0 Å². The molecule has 2 N–H and O–H groups in total. The molecule has 0 spiro atoms. The Morgan fingerprint density at radius 3 is 2.07 bits per heavy atom. The van der Waals surface area contributed by atoms with E-state index in [4.69, 9.17) is 0 Å². The molecule has 0 aromatic rings. The Labute approximate surface area is 92.1 Å². The molecule has 0 aliphatic carbocycles. The molecule has 0 amide bonds. The lowest BCUT2D eigenvalue weighted by Gasteiger charge is -2.18. The highest BCUT2D eigenvalue weighted by Crippen LogP contribution is 2.05. The Kier molecular flexibility index (Phi) is 9.78. The summed E-state index contributed by atoms with van der Waals surface area (Å²) in [5.74, 6) is 0. The van der Waals surface area contributed by atoms with Crippen molar-refractivity contribution in [3.63, 3.8) is 0 Å². The van der Waals surface area contributed by atoms with Crippen LogP contribution in [0.1, 0.15) is 40.5 Å². The minimum atomic E-state index is 0.220. The van der Waals surface area contributed by atoms with Crippen molar-refractivity contribution in [3.8, 4) is 0 Å². The molecule has 0 radical (unpaired) electrons. The van der Waals surface area contributed by atoms with Gasteiger partial charge in [0.2, 0.25) is 0 Å². The van der Waals surface area contributed by atoms with Gasteiger partial charge < -0.3 is 10.6 Å². The molecule has 0 aliphatic rings. The van der Waals surface area contributed by atoms with Crippen molar-refractivity contribution in [2.45, 2.75) is 58.3 Å². The third kappa shape index (κ3) is 8.72. The molecule has 0 rings (SSSR count). The molecule has 0 bridgehead atoms. The normalized spacial score (nSPS) is 12.4. The molecule has 0 saturated heterocycles. The van der Waals surface area contributed by atoms with Gasteiger partial charge in [-0.05, 0) is 19.5 Å². The molecule has 0 heterocycles. The fourth-order valence-electron chi connectivity index (χ4n) is 1.67. The van der Waals surface area contributed by atoms with E-state index in [-0.39, 0.29) is 9.52 Å². The molecule has 0 atom stereocenters. The van der Waals surface area contributed by atoms with Gasteiger partial charge in [-0.15, -0.1) is 0 Å². The van der Waals surface area contributed by atoms with Crippen LogP contribution in [0.15, 0.2) is 0 Å². The number of hydrogen-bond donors (Lipinski definition) is 2. The average Bonchev–Trinajstić information content (AvgIpc) is 2.12. The maximum atomic E-state index is 3.48. The summed E-state index contributed by atoms with van der Waals surface area (Å²) in [6.07, 6.45) is 3.24. The minimum absolute atomic E-state index is 0.220. The van der Waals surface area contributed by atoms with Crippen molar-refractivity contribution in [2.75, 3.05) is 13.1 Å². The fraction of sp³-hybridized carbons (Fsp3) is 1.00. The highest BCUT2D eigenvalue weighted by atomic mass is 28.2. The van der Waals surface area contributed by atoms with Gasteiger partial charge >= 0.3 is 0 Å². The third-order valence-corrected chi connectivity index (χ3v) is 4.49. The Balaban J connectivity index is 3.40. The van der Waals surface area contributed by atoms with Crippen molar-refractivity contribution >= 4 is 9.52 Å². The van der Waals surface area contributed by atoms with Gasteiger partial charge in [0.15, 0.2) is 0 Å². The maximum Gasteiger partial charge on any atom is 0.0571 e. The van der Waals surface area contributed by atoms with Gasteiger partial charge in [0.25, 0.3) is 0 Å². The largest absolute Gasteiger partial charge is 0.302 e. The number of nitrogens with one attached hydrogen (secondary N) is 2. The molecular weight excluding hydrogens is 188 g/mol. The summed E-state index contributed by atoms with van der Waals surface area (Å²) in [4.78, 5) is 0. The summed E-state index contributed by atoms with van der Waals surface area (Å²) in [7, 11) is 0.220. The Morgan fingerprint density at radius 2 is 1.64 bits per heavy atom. The van der Waals surface area contributed by atoms with Crippen LogP contribution < -0.4 is 10.6 Å². The van der Waals surface area contributed by atoms with Crippen LogP contribution in [0.2, 0.25) is 11.6 Å². The van der Waals surface area contributed by atoms with Gasteiger partial charge in [0.05, 0.1) is 6.17 Å². The molecule has 86 valence electrons. The van der Waals surface area contributed by atoms with Crippen molar-refractivity contribution in [1.82, 2.24) is 10.6 Å². The Hall–Kier alpha value is 0.137. The van der Waals surface area contributed by atoms with Crippen LogP contribution in [0.3, 0.4) is 0 Å². The number of hydrogen-bond acceptors (Lipinski definition) is 2. The lowest BCUT2D eigenvalue weighted by atomic mass is 10.2. The topological polar surface area (TPSA) is 24.1 Å². The smallest absolute Gasteiger partial charge is 0.0571 e. The van der Waals surface area contributed by atoms with E-state index in [0.717, 1.165) is 18.6 Å². The standard InChI is InChI=1S/C11H28N2Si/c1-5-12-11(13-6-2)8-7-9-14-10(3)4/h10-13H,5-9,14H2,1-4H3. The van der Waals surface area contributed by atoms with Gasteiger partial charge in [-0.2, -0.15) is 0 Å². The third-order valence-electron chi connectivity index (χ3n) is 2.43. The summed E-state index contributed by atoms with van der Waals surface area (Å²) in [6, 6.07) is 1.50. The maximum absolute atomic E-state index is 3.48. The second-order valence-electron chi connectivity index (χ2n) is 4.35. The zero-order valence-electron chi connectivity index (χ0n) is 10.4. The molecule has 0 aromatic heterocycles. The van der Waals surface area contributed by atoms with Gasteiger partial charge in [-0.3, -0.25) is 0 Å². The molecule has 0 saturated carbocycles. The summed E-state index contributed by atoms with van der Waals surface area (Å²) in [6.45, 7) is 11.2. The van der Waals surface area contributed by atoms with Crippen molar-refractivity contribution in [1.29, 1.82) is 0 Å². The lowest BCUT2D eigenvalue weighted by Crippen LogP contribution is -2.41. The average molecular weight is 216 g/mol. The highest BCUT2D eigenvalue weighted by molar-refractivity contribution is 6.37. The van der Waals surface area contributed by atoms with E-state index in [1.807, 2.05) is 0 Å². The second kappa shape index (κ2) is 9.68. The van der Waals surface area contributed by atoms with Crippen LogP contribution in [-0.4, -0.2) is 28.8 Å². The van der Waals surface area contributed by atoms with Crippen molar-refractivity contribution in [3.05, 3.63) is 0 Å². The molecule has 0 unspecified atom stereocenters.